The zero-order chi connectivity index (χ0) is 15.9. The molecule has 1 heterocycles. The van der Waals surface area contributed by atoms with Crippen LogP contribution in [0.15, 0.2) is 0 Å². The first-order valence-electron chi connectivity index (χ1n) is 9.11. The second kappa shape index (κ2) is 14.4. The molecule has 3 nitrogen and oxygen atoms in total. The minimum absolute atomic E-state index is 0.972. The highest BCUT2D eigenvalue weighted by molar-refractivity contribution is 5.60. The molecular weight excluding hydrogens is 262 g/mol. The van der Waals surface area contributed by atoms with Gasteiger partial charge < -0.3 is 14.8 Å². The third-order valence-corrected chi connectivity index (χ3v) is 4.32. The summed E-state index contributed by atoms with van der Waals surface area (Å²) in [6, 6.07) is 0. The number of quaternary nitrogens is 1. The maximum absolute atomic E-state index is 8.89. The Morgan fingerprint density at radius 3 is 2.33 bits per heavy atom. The van der Waals surface area contributed by atoms with E-state index in [-0.39, 0.29) is 0 Å². The molecule has 1 aliphatic rings. The number of unbranched alkanes of at least 4 members (excludes halogenated alkanes) is 5. The molecule has 0 aromatic carbocycles. The van der Waals surface area contributed by atoms with Crippen molar-refractivity contribution < 1.29 is 14.8 Å². The lowest BCUT2D eigenvalue weighted by Gasteiger charge is -2.30. The number of carbonyl (C=O) groups excluding carboxylic acids is 1. The van der Waals surface area contributed by atoms with Gasteiger partial charge in [-0.1, -0.05) is 46.0 Å². The van der Waals surface area contributed by atoms with Gasteiger partial charge in [0, 0.05) is 11.9 Å². The lowest BCUT2D eigenvalue weighted by Crippen LogP contribution is -3.13. The third kappa shape index (κ3) is 14.1. The number of nitrogens with one attached hydrogen (secondary N) is 1. The third-order valence-electron chi connectivity index (χ3n) is 4.32. The maximum atomic E-state index is 8.89. The van der Waals surface area contributed by atoms with Gasteiger partial charge >= 0.3 is 0 Å². The maximum Gasteiger partial charge on any atom is 0.0799 e. The molecule has 0 aliphatic carbocycles. The monoisotopic (exact) mass is 299 g/mol. The molecule has 126 valence electrons. The molecule has 0 aromatic heterocycles. The van der Waals surface area contributed by atoms with E-state index < -0.39 is 5.97 Å². The summed E-state index contributed by atoms with van der Waals surface area (Å²) in [5.74, 6) is -0.0330. The summed E-state index contributed by atoms with van der Waals surface area (Å²) in [7, 11) is 0. The van der Waals surface area contributed by atoms with Gasteiger partial charge in [-0.05, 0) is 39.0 Å². The minimum Gasteiger partial charge on any atom is -0.550 e. The minimum atomic E-state index is -1.08. The second-order valence-corrected chi connectivity index (χ2v) is 6.51. The van der Waals surface area contributed by atoms with Gasteiger partial charge in [0.1, 0.15) is 0 Å². The molecule has 0 aromatic rings. The normalized spacial score (nSPS) is 21.5. The second-order valence-electron chi connectivity index (χ2n) is 6.51. The molecule has 1 N–H and O–H groups in total. The van der Waals surface area contributed by atoms with E-state index in [1.54, 1.807) is 0 Å². The fourth-order valence-corrected chi connectivity index (χ4v) is 3.20. The van der Waals surface area contributed by atoms with Crippen LogP contribution < -0.4 is 10.0 Å². The number of carboxylic acid groups (broad SMARTS) is 1. The van der Waals surface area contributed by atoms with Crippen LogP contribution in [0.25, 0.3) is 0 Å². The molecule has 0 spiro atoms. The van der Waals surface area contributed by atoms with E-state index in [9.17, 15) is 0 Å². The fourth-order valence-electron chi connectivity index (χ4n) is 3.20. The van der Waals surface area contributed by atoms with Crippen LogP contribution in [-0.4, -0.2) is 25.6 Å². The van der Waals surface area contributed by atoms with Crippen molar-refractivity contribution in [2.24, 2.45) is 5.92 Å². The Balaban J connectivity index is 0.000000885. The quantitative estimate of drug-likeness (QED) is 0.663. The van der Waals surface area contributed by atoms with E-state index in [1.165, 1.54) is 83.8 Å². The molecule has 2 unspecified atom stereocenters. The smallest absolute Gasteiger partial charge is 0.0799 e. The van der Waals surface area contributed by atoms with Gasteiger partial charge in [-0.15, -0.1) is 0 Å². The number of rotatable bonds is 9. The molecule has 0 amide bonds. The zero-order valence-electron chi connectivity index (χ0n) is 14.6. The average Bonchev–Trinajstić information content (AvgIpc) is 2.45. The molecule has 1 fully saturated rings. The number of likely N-dealkylation sites (tertiary alicyclic amines) is 1. The SMILES string of the molecule is CC(=O)[O-].CCCCCCC[NH+]1CCCC(CCCC)C1. The predicted octanol–water partition coefficient (Wildman–Crippen LogP) is 2.20. The number of piperidine rings is 1. The van der Waals surface area contributed by atoms with E-state index in [1.807, 2.05) is 4.90 Å². The molecule has 21 heavy (non-hydrogen) atoms. The number of carbonyl (C=O) groups is 1. The Hall–Kier alpha value is -0.570. The van der Waals surface area contributed by atoms with Crippen molar-refractivity contribution in [2.75, 3.05) is 19.6 Å². The van der Waals surface area contributed by atoms with Gasteiger partial charge in [0.15, 0.2) is 0 Å². The van der Waals surface area contributed by atoms with Crippen LogP contribution in [0.1, 0.15) is 85.0 Å². The van der Waals surface area contributed by atoms with Crippen molar-refractivity contribution >= 4 is 5.97 Å². The molecule has 0 radical (unpaired) electrons. The summed E-state index contributed by atoms with van der Waals surface area (Å²) in [6.45, 7) is 9.98. The van der Waals surface area contributed by atoms with E-state index in [0.717, 1.165) is 12.8 Å². The first kappa shape index (κ1) is 20.4. The highest BCUT2D eigenvalue weighted by atomic mass is 16.4. The van der Waals surface area contributed by atoms with Crippen LogP contribution in [0.3, 0.4) is 0 Å². The zero-order valence-corrected chi connectivity index (χ0v) is 14.6. The molecule has 0 saturated carbocycles. The number of carboxylic acids is 1. The van der Waals surface area contributed by atoms with Crippen LogP contribution in [0.2, 0.25) is 0 Å². The molecule has 0 bridgehead atoms. The van der Waals surface area contributed by atoms with Gasteiger partial charge in [-0.3, -0.25) is 0 Å². The summed E-state index contributed by atoms with van der Waals surface area (Å²) >= 11 is 0. The Labute approximate surface area is 132 Å². The van der Waals surface area contributed by atoms with E-state index in [2.05, 4.69) is 13.8 Å². The Kier molecular flexibility index (Phi) is 14.0. The van der Waals surface area contributed by atoms with E-state index in [4.69, 9.17) is 9.90 Å². The molecule has 1 rings (SSSR count). The van der Waals surface area contributed by atoms with Crippen molar-refractivity contribution in [1.29, 1.82) is 0 Å². The molecule has 2 atom stereocenters. The molecule has 1 aliphatic heterocycles. The predicted molar refractivity (Wildman–Crippen MR) is 87.3 cm³/mol. The van der Waals surface area contributed by atoms with Gasteiger partial charge in [-0.2, -0.15) is 0 Å². The van der Waals surface area contributed by atoms with E-state index in [0.29, 0.717) is 0 Å². The molecule has 1 saturated heterocycles. The summed E-state index contributed by atoms with van der Waals surface area (Å²) in [5, 5.41) is 8.89. The number of aliphatic carboxylic acids is 1. The van der Waals surface area contributed by atoms with Crippen molar-refractivity contribution in [3.8, 4) is 0 Å². The largest absolute Gasteiger partial charge is 0.550 e. The summed E-state index contributed by atoms with van der Waals surface area (Å²) in [4.78, 5) is 10.8. The highest BCUT2D eigenvalue weighted by Gasteiger charge is 2.21. The van der Waals surface area contributed by atoms with Crippen molar-refractivity contribution in [2.45, 2.75) is 85.0 Å². The van der Waals surface area contributed by atoms with Crippen LogP contribution in [0.5, 0.6) is 0 Å². The molecular formula is C18H37NO2. The highest BCUT2D eigenvalue weighted by Crippen LogP contribution is 2.15. The van der Waals surface area contributed by atoms with E-state index >= 15 is 0 Å². The Bertz CT molecular complexity index is 239. The lowest BCUT2D eigenvalue weighted by molar-refractivity contribution is -0.909. The Morgan fingerprint density at radius 1 is 1.10 bits per heavy atom. The summed E-state index contributed by atoms with van der Waals surface area (Å²) in [5.41, 5.74) is 0. The summed E-state index contributed by atoms with van der Waals surface area (Å²) < 4.78 is 0. The van der Waals surface area contributed by atoms with Crippen LogP contribution in [0, 0.1) is 5.92 Å². The van der Waals surface area contributed by atoms with Gasteiger partial charge in [0.05, 0.1) is 19.6 Å². The van der Waals surface area contributed by atoms with Crippen LogP contribution in [-0.2, 0) is 4.79 Å². The van der Waals surface area contributed by atoms with Crippen LogP contribution in [0.4, 0.5) is 0 Å². The van der Waals surface area contributed by atoms with Gasteiger partial charge in [0.25, 0.3) is 0 Å². The first-order chi connectivity index (χ1) is 10.1. The standard InChI is InChI=1S/C16H33N.C2H4O2/c1-3-5-7-8-9-13-17-14-10-12-16(15-17)11-6-4-2;1-2(3)4/h16H,3-15H2,1-2H3;1H3,(H,3,4). The fraction of sp³-hybridized carbons (Fsp3) is 0.944. The van der Waals surface area contributed by atoms with Crippen LogP contribution >= 0.6 is 0 Å². The average molecular weight is 299 g/mol. The summed E-state index contributed by atoms with van der Waals surface area (Å²) in [6.07, 6.45) is 14.5. The lowest BCUT2D eigenvalue weighted by atomic mass is 9.93. The van der Waals surface area contributed by atoms with Gasteiger partial charge in [0.2, 0.25) is 0 Å². The molecule has 3 heteroatoms. The Morgan fingerprint density at radius 2 is 1.71 bits per heavy atom. The van der Waals surface area contributed by atoms with Crippen molar-refractivity contribution in [3.05, 3.63) is 0 Å². The number of hydrogen-bond donors (Lipinski definition) is 1. The number of hydrogen-bond acceptors (Lipinski definition) is 2. The van der Waals surface area contributed by atoms with Crippen molar-refractivity contribution in [1.82, 2.24) is 0 Å². The van der Waals surface area contributed by atoms with Gasteiger partial charge in [-0.25, -0.2) is 0 Å². The van der Waals surface area contributed by atoms with Crippen molar-refractivity contribution in [3.63, 3.8) is 0 Å². The topological polar surface area (TPSA) is 44.6 Å². The first-order valence-corrected chi connectivity index (χ1v) is 9.11.